The summed E-state index contributed by atoms with van der Waals surface area (Å²) in [5.74, 6) is -1.94. The molecule has 3 N–H and O–H groups in total. The first kappa shape index (κ1) is 35.4. The molecule has 5 heterocycles. The minimum Gasteiger partial charge on any atom is -0.342 e. The molecule has 0 bridgehead atoms. The summed E-state index contributed by atoms with van der Waals surface area (Å²) >= 11 is 0.945. The maximum absolute atomic E-state index is 14.4. The van der Waals surface area contributed by atoms with Crippen LogP contribution in [-0.4, -0.2) is 116 Å². The molecule has 49 heavy (non-hydrogen) atoms. The van der Waals surface area contributed by atoms with Gasteiger partial charge in [-0.2, -0.15) is 8.78 Å². The van der Waals surface area contributed by atoms with Crippen LogP contribution in [0.2, 0.25) is 0 Å². The largest absolute Gasteiger partial charge is 0.399 e. The molecule has 6 rings (SSSR count). The minimum atomic E-state index is -5.80. The number of alkyl halides is 2. The highest BCUT2D eigenvalue weighted by molar-refractivity contribution is 7.52. The molecule has 4 aliphatic heterocycles. The summed E-state index contributed by atoms with van der Waals surface area (Å²) in [5.41, 5.74) is -5.33. The normalized spacial score (nSPS) is 25.3. The van der Waals surface area contributed by atoms with E-state index in [1.807, 2.05) is 4.90 Å². The van der Waals surface area contributed by atoms with E-state index in [2.05, 4.69) is 5.32 Å². The van der Waals surface area contributed by atoms with Crippen LogP contribution in [0.25, 0.3) is 10.1 Å². The summed E-state index contributed by atoms with van der Waals surface area (Å²) < 4.78 is 40.5. The van der Waals surface area contributed by atoms with Crippen molar-refractivity contribution in [3.8, 4) is 0 Å². The van der Waals surface area contributed by atoms with Gasteiger partial charge in [-0.05, 0) is 68.5 Å². The van der Waals surface area contributed by atoms with Gasteiger partial charge in [-0.15, -0.1) is 11.3 Å². The van der Waals surface area contributed by atoms with Gasteiger partial charge in [-0.3, -0.25) is 28.5 Å². The van der Waals surface area contributed by atoms with Crippen LogP contribution >= 0.6 is 18.9 Å². The molecular formula is C32H40F2N5O8PS. The lowest BCUT2D eigenvalue weighted by atomic mass is 10.0. The second kappa shape index (κ2) is 13.7. The number of carbonyl (C=O) groups excluding carboxylic acids is 5. The molecule has 4 aliphatic rings. The van der Waals surface area contributed by atoms with Gasteiger partial charge >= 0.3 is 13.3 Å². The van der Waals surface area contributed by atoms with E-state index in [-0.39, 0.29) is 46.5 Å². The Kier molecular flexibility index (Phi) is 9.88. The topological polar surface area (TPSA) is 168 Å². The molecule has 0 spiro atoms. The number of nitrogens with one attached hydrogen (secondary N) is 1. The highest BCUT2D eigenvalue weighted by atomic mass is 32.1. The average molecular weight is 724 g/mol. The van der Waals surface area contributed by atoms with Crippen molar-refractivity contribution in [1.82, 2.24) is 24.9 Å². The molecule has 0 aliphatic carbocycles. The number of thiophene rings is 1. The quantitative estimate of drug-likeness (QED) is 0.383. The first-order valence-corrected chi connectivity index (χ1v) is 19.0. The molecule has 1 unspecified atom stereocenters. The van der Waals surface area contributed by atoms with E-state index in [1.54, 1.807) is 9.80 Å². The van der Waals surface area contributed by atoms with Crippen molar-refractivity contribution in [3.05, 3.63) is 34.7 Å². The van der Waals surface area contributed by atoms with Crippen LogP contribution < -0.4 is 5.32 Å². The molecule has 5 amide bonds. The van der Waals surface area contributed by atoms with Crippen LogP contribution in [0.5, 0.6) is 0 Å². The molecule has 0 radical (unpaired) electrons. The lowest BCUT2D eigenvalue weighted by molar-refractivity contribution is -0.148. The maximum atomic E-state index is 14.4. The van der Waals surface area contributed by atoms with Gasteiger partial charge in [0.05, 0.1) is 10.8 Å². The Morgan fingerprint density at radius 3 is 2.31 bits per heavy atom. The van der Waals surface area contributed by atoms with Crippen LogP contribution in [0.4, 0.5) is 8.78 Å². The zero-order chi connectivity index (χ0) is 35.2. The second-order valence-electron chi connectivity index (χ2n) is 13.4. The van der Waals surface area contributed by atoms with E-state index in [9.17, 15) is 37.3 Å². The number of rotatable bonds is 6. The number of hydrogen-bond donors (Lipinski definition) is 3. The van der Waals surface area contributed by atoms with Gasteiger partial charge < -0.3 is 34.7 Å². The fourth-order valence-electron chi connectivity index (χ4n) is 7.50. The zero-order valence-corrected chi connectivity index (χ0v) is 28.8. The molecule has 1 aromatic carbocycles. The van der Waals surface area contributed by atoms with E-state index in [1.165, 1.54) is 24.0 Å². The number of nitrogens with zero attached hydrogens (tertiary/aromatic N) is 4. The molecule has 17 heteroatoms. The summed E-state index contributed by atoms with van der Waals surface area (Å²) in [7, 11) is -5.80. The number of hydrogen-bond acceptors (Lipinski definition) is 7. The van der Waals surface area contributed by atoms with Crippen LogP contribution in [0.3, 0.4) is 0 Å². The fourth-order valence-corrected chi connectivity index (χ4v) is 8.92. The SMILES string of the molecule is CC(=O)N1CC[C@H]2CC[C@@H](C(=O)N3CC[C@@H](C(=O)N4CCCCC4)C3)N2C(=O)C(NC(=O)c2cc3cc(C(F)(F)P(=O)(O)O)ccc3s2)C1. The molecule has 4 fully saturated rings. The summed E-state index contributed by atoms with van der Waals surface area (Å²) in [5, 5.41) is 2.86. The van der Waals surface area contributed by atoms with Crippen LogP contribution in [-0.2, 0) is 29.4 Å². The Morgan fingerprint density at radius 2 is 1.61 bits per heavy atom. The van der Waals surface area contributed by atoms with Crippen molar-refractivity contribution in [2.45, 2.75) is 75.7 Å². The van der Waals surface area contributed by atoms with Crippen molar-refractivity contribution < 1.29 is 47.1 Å². The van der Waals surface area contributed by atoms with Crippen LogP contribution in [0.15, 0.2) is 24.3 Å². The van der Waals surface area contributed by atoms with Gasteiger partial charge in [0.2, 0.25) is 23.6 Å². The summed E-state index contributed by atoms with van der Waals surface area (Å²) in [6.45, 7) is 3.72. The molecule has 4 saturated heterocycles. The van der Waals surface area contributed by atoms with Crippen molar-refractivity contribution in [2.75, 3.05) is 39.3 Å². The monoisotopic (exact) mass is 723 g/mol. The predicted octanol–water partition coefficient (Wildman–Crippen LogP) is 2.70. The molecule has 2 aromatic rings. The Labute approximate surface area is 285 Å². The minimum absolute atomic E-state index is 0.0583. The number of carbonyl (C=O) groups is 5. The van der Waals surface area contributed by atoms with Crippen LogP contribution in [0, 0.1) is 5.92 Å². The fraction of sp³-hybridized carbons (Fsp3) is 0.594. The first-order chi connectivity index (χ1) is 23.2. The predicted molar refractivity (Wildman–Crippen MR) is 175 cm³/mol. The van der Waals surface area contributed by atoms with Crippen molar-refractivity contribution in [2.24, 2.45) is 5.92 Å². The van der Waals surface area contributed by atoms with Crippen LogP contribution in [0.1, 0.15) is 67.1 Å². The van der Waals surface area contributed by atoms with E-state index in [0.717, 1.165) is 55.8 Å². The Morgan fingerprint density at radius 1 is 0.898 bits per heavy atom. The third kappa shape index (κ3) is 6.97. The second-order valence-corrected chi connectivity index (χ2v) is 16.1. The number of piperidine rings is 1. The third-order valence-corrected chi connectivity index (χ3v) is 12.3. The van der Waals surface area contributed by atoms with Gasteiger partial charge in [-0.1, -0.05) is 6.07 Å². The lowest BCUT2D eigenvalue weighted by Gasteiger charge is -2.39. The van der Waals surface area contributed by atoms with Gasteiger partial charge in [0, 0.05) is 62.5 Å². The van der Waals surface area contributed by atoms with Gasteiger partial charge in [-0.25, -0.2) is 0 Å². The van der Waals surface area contributed by atoms with E-state index in [0.29, 0.717) is 50.0 Å². The molecule has 0 saturated carbocycles. The Bertz CT molecular complexity index is 1710. The summed E-state index contributed by atoms with van der Waals surface area (Å²) in [6, 6.07) is 2.01. The first-order valence-electron chi connectivity index (χ1n) is 16.6. The van der Waals surface area contributed by atoms with E-state index >= 15 is 0 Å². The van der Waals surface area contributed by atoms with E-state index < -0.39 is 42.7 Å². The van der Waals surface area contributed by atoms with Crippen molar-refractivity contribution in [3.63, 3.8) is 0 Å². The summed E-state index contributed by atoms with van der Waals surface area (Å²) in [6.07, 6.45) is 5.02. The Balaban J connectivity index is 1.20. The molecular weight excluding hydrogens is 683 g/mol. The third-order valence-electron chi connectivity index (χ3n) is 10.2. The van der Waals surface area contributed by atoms with Crippen molar-refractivity contribution >= 4 is 58.6 Å². The highest BCUT2D eigenvalue weighted by Gasteiger charge is 2.51. The Hall–Kier alpha value is -3.46. The molecule has 266 valence electrons. The summed E-state index contributed by atoms with van der Waals surface area (Å²) in [4.78, 5) is 92.2. The molecule has 4 atom stereocenters. The maximum Gasteiger partial charge on any atom is 0.399 e. The van der Waals surface area contributed by atoms with Crippen molar-refractivity contribution in [1.29, 1.82) is 0 Å². The average Bonchev–Trinajstić information content (AvgIpc) is 3.82. The van der Waals surface area contributed by atoms with Gasteiger partial charge in [0.15, 0.2) is 0 Å². The number of benzene rings is 1. The van der Waals surface area contributed by atoms with E-state index in [4.69, 9.17) is 9.79 Å². The van der Waals surface area contributed by atoms with Gasteiger partial charge in [0.1, 0.15) is 12.1 Å². The number of halogens is 2. The number of amides is 5. The highest BCUT2D eigenvalue weighted by Crippen LogP contribution is 2.59. The standard InChI is InChI=1S/C32H40F2N5O8PS/c1-19(40)37-14-10-23-6-7-25(31(44)38-13-9-20(17-38)29(42)36-11-3-2-4-12-36)39(23)30(43)24(18-37)35-28(41)27-16-21-15-22(5-8-26(21)49-27)32(33,34)48(45,46)47/h5,8,15-16,20,23-25H,2-4,6-7,9-14,17-18H2,1H3,(H,35,41)(H2,45,46,47)/t20-,23-,24?,25+/m1/s1. The smallest absolute Gasteiger partial charge is 0.342 e. The van der Waals surface area contributed by atoms with Gasteiger partial charge in [0.25, 0.3) is 5.91 Å². The molecule has 13 nitrogen and oxygen atoms in total. The lowest BCUT2D eigenvalue weighted by Crippen LogP contribution is -2.61. The number of likely N-dealkylation sites (tertiary alicyclic amines) is 2. The molecule has 1 aromatic heterocycles. The zero-order valence-electron chi connectivity index (χ0n) is 27.1. The number of fused-ring (bicyclic) bond motifs is 2.